The van der Waals surface area contributed by atoms with Gasteiger partial charge in [-0.15, -0.1) is 0 Å². The van der Waals surface area contributed by atoms with Crippen LogP contribution in [0.4, 0.5) is 0 Å². The van der Waals surface area contributed by atoms with Crippen molar-refractivity contribution in [3.05, 3.63) is 64.7 Å². The standard InChI is InChI=1S/C23H27N3O4/c1-4-5-14-26(15-21-24-20-9-7-6-8-19(20)22(27)25-21)23(28)16(2)30-18-12-10-17(29-3)11-13-18/h6-13,16H,4-5,14-15H2,1-3H3,(H,24,25,27). The van der Waals surface area contributed by atoms with Gasteiger partial charge in [0.2, 0.25) is 0 Å². The van der Waals surface area contributed by atoms with Gasteiger partial charge in [-0.1, -0.05) is 25.5 Å². The molecule has 2 aromatic carbocycles. The molecule has 0 radical (unpaired) electrons. The molecule has 1 N–H and O–H groups in total. The molecule has 7 nitrogen and oxygen atoms in total. The lowest BCUT2D eigenvalue weighted by atomic mass is 10.2. The summed E-state index contributed by atoms with van der Waals surface area (Å²) in [4.78, 5) is 34.5. The van der Waals surface area contributed by atoms with E-state index < -0.39 is 6.10 Å². The van der Waals surface area contributed by atoms with E-state index in [4.69, 9.17) is 9.47 Å². The van der Waals surface area contributed by atoms with Crippen LogP contribution in [0.5, 0.6) is 11.5 Å². The molecule has 1 aromatic heterocycles. The molecule has 0 aliphatic carbocycles. The maximum atomic E-state index is 13.1. The quantitative estimate of drug-likeness (QED) is 0.584. The van der Waals surface area contributed by atoms with Crippen molar-refractivity contribution < 1.29 is 14.3 Å². The largest absolute Gasteiger partial charge is 0.497 e. The highest BCUT2D eigenvalue weighted by molar-refractivity contribution is 5.81. The summed E-state index contributed by atoms with van der Waals surface area (Å²) in [6, 6.07) is 14.3. The van der Waals surface area contributed by atoms with Crippen LogP contribution in [-0.4, -0.2) is 40.5 Å². The van der Waals surface area contributed by atoms with Gasteiger partial charge in [-0.2, -0.15) is 0 Å². The monoisotopic (exact) mass is 409 g/mol. The molecule has 0 spiro atoms. The Hall–Kier alpha value is -3.35. The van der Waals surface area contributed by atoms with Crippen LogP contribution < -0.4 is 15.0 Å². The summed E-state index contributed by atoms with van der Waals surface area (Å²) in [5.41, 5.74) is 0.405. The van der Waals surface area contributed by atoms with Crippen molar-refractivity contribution in [2.45, 2.75) is 39.3 Å². The predicted molar refractivity (Wildman–Crippen MR) is 116 cm³/mol. The third-order valence-corrected chi connectivity index (χ3v) is 4.82. The Balaban J connectivity index is 1.77. The summed E-state index contributed by atoms with van der Waals surface area (Å²) in [6.07, 6.45) is 1.11. The maximum Gasteiger partial charge on any atom is 0.263 e. The Morgan fingerprint density at radius 2 is 1.83 bits per heavy atom. The van der Waals surface area contributed by atoms with E-state index in [9.17, 15) is 9.59 Å². The van der Waals surface area contributed by atoms with Gasteiger partial charge in [-0.05, 0) is 49.7 Å². The minimum absolute atomic E-state index is 0.157. The van der Waals surface area contributed by atoms with Crippen LogP contribution in [0.3, 0.4) is 0 Å². The molecule has 1 amide bonds. The number of aromatic nitrogens is 2. The third-order valence-electron chi connectivity index (χ3n) is 4.82. The molecule has 30 heavy (non-hydrogen) atoms. The van der Waals surface area contributed by atoms with Crippen LogP contribution in [0.15, 0.2) is 53.3 Å². The van der Waals surface area contributed by atoms with Crippen molar-refractivity contribution in [2.75, 3.05) is 13.7 Å². The number of H-pyrrole nitrogens is 1. The first-order chi connectivity index (χ1) is 14.5. The molecule has 1 atom stereocenters. The smallest absolute Gasteiger partial charge is 0.263 e. The number of benzene rings is 2. The molecular weight excluding hydrogens is 382 g/mol. The first kappa shape index (κ1) is 21.4. The Bertz CT molecular complexity index is 1050. The predicted octanol–water partition coefficient (Wildman–Crippen LogP) is 3.53. The van der Waals surface area contributed by atoms with Crippen molar-refractivity contribution in [3.63, 3.8) is 0 Å². The van der Waals surface area contributed by atoms with Gasteiger partial charge in [0.1, 0.15) is 17.3 Å². The first-order valence-corrected chi connectivity index (χ1v) is 10.1. The van der Waals surface area contributed by atoms with E-state index in [0.717, 1.165) is 18.6 Å². The minimum Gasteiger partial charge on any atom is -0.497 e. The zero-order chi connectivity index (χ0) is 21.5. The number of carbonyl (C=O) groups is 1. The molecule has 7 heteroatoms. The fourth-order valence-electron chi connectivity index (χ4n) is 3.17. The van der Waals surface area contributed by atoms with Crippen molar-refractivity contribution in [2.24, 2.45) is 0 Å². The molecule has 0 bridgehead atoms. The van der Waals surface area contributed by atoms with Gasteiger partial charge >= 0.3 is 0 Å². The average molecular weight is 409 g/mol. The van der Waals surface area contributed by atoms with Crippen molar-refractivity contribution in [1.82, 2.24) is 14.9 Å². The van der Waals surface area contributed by atoms with Crippen LogP contribution in [-0.2, 0) is 11.3 Å². The number of unbranched alkanes of at least 4 members (excludes halogenated alkanes) is 1. The van der Waals surface area contributed by atoms with Crippen molar-refractivity contribution in [3.8, 4) is 11.5 Å². The number of methoxy groups -OCH3 is 1. The Morgan fingerprint density at radius 1 is 1.13 bits per heavy atom. The number of para-hydroxylation sites is 1. The van der Waals surface area contributed by atoms with Crippen LogP contribution >= 0.6 is 0 Å². The van der Waals surface area contributed by atoms with Gasteiger partial charge < -0.3 is 19.4 Å². The van der Waals surface area contributed by atoms with Gasteiger partial charge in [0.05, 0.1) is 24.6 Å². The number of hydrogen-bond acceptors (Lipinski definition) is 5. The molecule has 3 rings (SSSR count). The van der Waals surface area contributed by atoms with Crippen molar-refractivity contribution >= 4 is 16.8 Å². The fourth-order valence-corrected chi connectivity index (χ4v) is 3.17. The van der Waals surface area contributed by atoms with E-state index in [-0.39, 0.29) is 18.0 Å². The number of carbonyl (C=O) groups excluding carboxylic acids is 1. The zero-order valence-corrected chi connectivity index (χ0v) is 17.6. The summed E-state index contributed by atoms with van der Waals surface area (Å²) in [5, 5.41) is 0.531. The first-order valence-electron chi connectivity index (χ1n) is 10.1. The normalized spacial score (nSPS) is 11.8. The average Bonchev–Trinajstić information content (AvgIpc) is 2.76. The maximum absolute atomic E-state index is 13.1. The highest BCUT2D eigenvalue weighted by atomic mass is 16.5. The number of rotatable bonds is 9. The van der Waals surface area contributed by atoms with E-state index in [1.54, 1.807) is 61.4 Å². The molecule has 1 heterocycles. The van der Waals surface area contributed by atoms with E-state index in [1.807, 2.05) is 6.07 Å². The lowest BCUT2D eigenvalue weighted by Crippen LogP contribution is -2.41. The Morgan fingerprint density at radius 3 is 2.53 bits per heavy atom. The summed E-state index contributed by atoms with van der Waals surface area (Å²) >= 11 is 0. The lowest BCUT2D eigenvalue weighted by Gasteiger charge is -2.26. The van der Waals surface area contributed by atoms with Gasteiger partial charge in [0.15, 0.2) is 6.10 Å². The van der Waals surface area contributed by atoms with E-state index >= 15 is 0 Å². The van der Waals surface area contributed by atoms with Crippen LogP contribution in [0.1, 0.15) is 32.5 Å². The molecule has 0 saturated carbocycles. The highest BCUT2D eigenvalue weighted by Gasteiger charge is 2.23. The summed E-state index contributed by atoms with van der Waals surface area (Å²) in [5.74, 6) is 1.61. The molecule has 3 aromatic rings. The van der Waals surface area contributed by atoms with Gasteiger partial charge in [0.25, 0.3) is 11.5 Å². The second-order valence-electron chi connectivity index (χ2n) is 7.08. The van der Waals surface area contributed by atoms with E-state index in [1.165, 1.54) is 0 Å². The lowest BCUT2D eigenvalue weighted by molar-refractivity contribution is -0.138. The number of hydrogen-bond donors (Lipinski definition) is 1. The van der Waals surface area contributed by atoms with Gasteiger partial charge in [0, 0.05) is 6.54 Å². The van der Waals surface area contributed by atoms with Gasteiger partial charge in [-0.3, -0.25) is 9.59 Å². The zero-order valence-electron chi connectivity index (χ0n) is 17.6. The van der Waals surface area contributed by atoms with Crippen LogP contribution in [0.25, 0.3) is 10.9 Å². The highest BCUT2D eigenvalue weighted by Crippen LogP contribution is 2.19. The number of nitrogens with zero attached hydrogens (tertiary/aromatic N) is 2. The fraction of sp³-hybridized carbons (Fsp3) is 0.348. The summed E-state index contributed by atoms with van der Waals surface area (Å²) < 4.78 is 11.0. The molecule has 1 unspecified atom stereocenters. The van der Waals surface area contributed by atoms with E-state index in [0.29, 0.717) is 29.0 Å². The molecule has 158 valence electrons. The van der Waals surface area contributed by atoms with Crippen LogP contribution in [0.2, 0.25) is 0 Å². The molecule has 0 saturated heterocycles. The van der Waals surface area contributed by atoms with Gasteiger partial charge in [-0.25, -0.2) is 4.98 Å². The SMILES string of the molecule is CCCCN(Cc1nc2ccccc2c(=O)[nH]1)C(=O)C(C)Oc1ccc(OC)cc1. The molecule has 0 aliphatic heterocycles. The molecular formula is C23H27N3O4. The third kappa shape index (κ3) is 5.17. The number of fused-ring (bicyclic) bond motifs is 1. The Labute approximate surface area is 175 Å². The Kier molecular flexibility index (Phi) is 7.06. The number of ether oxygens (including phenoxy) is 2. The van der Waals surface area contributed by atoms with Crippen molar-refractivity contribution in [1.29, 1.82) is 0 Å². The summed E-state index contributed by atoms with van der Waals surface area (Å²) in [7, 11) is 1.60. The number of amides is 1. The van der Waals surface area contributed by atoms with E-state index in [2.05, 4.69) is 16.9 Å². The topological polar surface area (TPSA) is 84.5 Å². The second kappa shape index (κ2) is 9.91. The number of nitrogens with one attached hydrogen (secondary N) is 1. The second-order valence-corrected chi connectivity index (χ2v) is 7.08. The summed E-state index contributed by atoms with van der Waals surface area (Å²) in [6.45, 7) is 4.57. The number of aromatic amines is 1. The minimum atomic E-state index is -0.678. The van der Waals surface area contributed by atoms with Crippen LogP contribution in [0, 0.1) is 0 Å². The molecule has 0 aliphatic rings. The molecule has 0 fully saturated rings.